The van der Waals surface area contributed by atoms with Crippen LogP contribution in [0.4, 0.5) is 5.69 Å². The molecule has 1 heterocycles. The molecule has 0 bridgehead atoms. The van der Waals surface area contributed by atoms with E-state index in [1.165, 1.54) is 4.68 Å². The van der Waals surface area contributed by atoms with E-state index in [-0.39, 0.29) is 11.8 Å². The third kappa shape index (κ3) is 5.99. The molecule has 0 unspecified atom stereocenters. The van der Waals surface area contributed by atoms with Gasteiger partial charge in [-0.25, -0.2) is 0 Å². The van der Waals surface area contributed by atoms with E-state index in [4.69, 9.17) is 16.3 Å². The molecule has 7 heteroatoms. The van der Waals surface area contributed by atoms with Gasteiger partial charge in [-0.15, -0.1) is 0 Å². The van der Waals surface area contributed by atoms with Crippen LogP contribution in [-0.4, -0.2) is 21.6 Å². The molecule has 0 atom stereocenters. The fourth-order valence-electron chi connectivity index (χ4n) is 4.48. The summed E-state index contributed by atoms with van der Waals surface area (Å²) in [5.41, 5.74) is 3.87. The number of benzene rings is 5. The summed E-state index contributed by atoms with van der Waals surface area (Å²) in [6, 6.07) is 38.1. The van der Waals surface area contributed by atoms with E-state index in [0.717, 1.165) is 10.9 Å². The minimum atomic E-state index is -0.255. The summed E-state index contributed by atoms with van der Waals surface area (Å²) in [5.74, 6) is 0.582. The van der Waals surface area contributed by atoms with Gasteiger partial charge in [-0.05, 0) is 72.3 Å². The number of fused-ring (bicyclic) bond motifs is 1. The van der Waals surface area contributed by atoms with Crippen LogP contribution in [-0.2, 0) is 0 Å². The Balaban J connectivity index is 1.32. The molecule has 5 aromatic carbocycles. The maximum Gasteiger partial charge on any atom is 0.278 e. The van der Waals surface area contributed by atoms with Crippen LogP contribution in [0, 0.1) is 0 Å². The second kappa shape index (κ2) is 12.0. The number of amides is 1. The van der Waals surface area contributed by atoms with Gasteiger partial charge in [-0.1, -0.05) is 72.3 Å². The Morgan fingerprint density at radius 3 is 2.14 bits per heavy atom. The predicted octanol–water partition coefficient (Wildman–Crippen LogP) is 8.59. The molecular weight excluding hydrogens is 546 g/mol. The molecule has 0 fully saturated rings. The second-order valence-electron chi connectivity index (χ2n) is 9.48. The van der Waals surface area contributed by atoms with Crippen molar-refractivity contribution >= 4 is 52.2 Å². The number of rotatable bonds is 7. The molecule has 204 valence electrons. The second-order valence-corrected chi connectivity index (χ2v) is 9.92. The molecule has 1 aromatic heterocycles. The van der Waals surface area contributed by atoms with E-state index in [1.807, 2.05) is 84.9 Å². The Kier molecular flexibility index (Phi) is 7.62. The molecule has 0 saturated carbocycles. The molecule has 0 radical (unpaired) electrons. The third-order valence-corrected chi connectivity index (χ3v) is 6.81. The molecule has 0 aliphatic heterocycles. The Bertz CT molecular complexity index is 1920. The van der Waals surface area contributed by atoms with Crippen LogP contribution >= 0.6 is 11.6 Å². The first-order chi connectivity index (χ1) is 20.5. The maximum atomic E-state index is 13.5. The molecule has 6 aromatic rings. The lowest BCUT2D eigenvalue weighted by atomic mass is 10.1. The van der Waals surface area contributed by atoms with Crippen molar-refractivity contribution in [2.75, 3.05) is 5.32 Å². The van der Waals surface area contributed by atoms with Crippen molar-refractivity contribution in [2.24, 2.45) is 0 Å². The summed E-state index contributed by atoms with van der Waals surface area (Å²) in [7, 11) is 0. The Morgan fingerprint density at radius 1 is 0.714 bits per heavy atom. The fraction of sp³-hybridized carbons (Fsp3) is 0. The molecule has 6 rings (SSSR count). The highest BCUT2D eigenvalue weighted by atomic mass is 35.5. The number of aromatic nitrogens is 2. The molecule has 0 aliphatic carbocycles. The highest BCUT2D eigenvalue weighted by Gasteiger charge is 2.17. The summed E-state index contributed by atoms with van der Waals surface area (Å²) < 4.78 is 7.57. The number of carbonyl (C=O) groups is 2. The average molecular weight is 570 g/mol. The predicted molar refractivity (Wildman–Crippen MR) is 167 cm³/mol. The molecule has 42 heavy (non-hydrogen) atoms. The van der Waals surface area contributed by atoms with Gasteiger partial charge in [0.25, 0.3) is 11.8 Å². The number of carbonyl (C=O) groups excluding carboxylic acids is 2. The van der Waals surface area contributed by atoms with Gasteiger partial charge in [0.15, 0.2) is 0 Å². The molecule has 0 spiro atoms. The molecule has 0 aliphatic rings. The van der Waals surface area contributed by atoms with Crippen LogP contribution in [0.25, 0.3) is 23.1 Å². The van der Waals surface area contributed by atoms with Crippen molar-refractivity contribution < 1.29 is 14.3 Å². The summed E-state index contributed by atoms with van der Waals surface area (Å²) in [4.78, 5) is 26.1. The minimum absolute atomic E-state index is 0.211. The number of halogens is 1. The number of hydrogen-bond acceptors (Lipinski definition) is 4. The first-order valence-electron chi connectivity index (χ1n) is 13.2. The first kappa shape index (κ1) is 26.7. The van der Waals surface area contributed by atoms with Crippen molar-refractivity contribution in [3.8, 4) is 11.5 Å². The number of hydrogen-bond donors (Lipinski definition) is 1. The SMILES string of the molecule is O=C(Nc1cccc(Oc2ccc3c(C=Cc4ccc(Cl)cc4)nn(C(=O)c4ccccc4)c3c2)c1)c1ccccc1. The zero-order valence-electron chi connectivity index (χ0n) is 22.3. The Labute approximate surface area is 247 Å². The normalized spacial score (nSPS) is 11.1. The summed E-state index contributed by atoms with van der Waals surface area (Å²) >= 11 is 6.02. The maximum absolute atomic E-state index is 13.5. The van der Waals surface area contributed by atoms with Gasteiger partial charge in [0.05, 0.1) is 11.2 Å². The number of anilines is 1. The van der Waals surface area contributed by atoms with Crippen LogP contribution < -0.4 is 10.1 Å². The van der Waals surface area contributed by atoms with Crippen LogP contribution in [0.3, 0.4) is 0 Å². The fourth-order valence-corrected chi connectivity index (χ4v) is 4.60. The summed E-state index contributed by atoms with van der Waals surface area (Å²) in [6.45, 7) is 0. The van der Waals surface area contributed by atoms with E-state index in [1.54, 1.807) is 54.6 Å². The highest BCUT2D eigenvalue weighted by molar-refractivity contribution is 6.30. The van der Waals surface area contributed by atoms with Gasteiger partial charge in [0.1, 0.15) is 11.5 Å². The quantitative estimate of drug-likeness (QED) is 0.209. The molecule has 1 N–H and O–H groups in total. The van der Waals surface area contributed by atoms with Crippen molar-refractivity contribution in [1.82, 2.24) is 9.78 Å². The smallest absolute Gasteiger partial charge is 0.278 e. The molecule has 0 saturated heterocycles. The summed E-state index contributed by atoms with van der Waals surface area (Å²) in [5, 5.41) is 9.02. The minimum Gasteiger partial charge on any atom is -0.457 e. The van der Waals surface area contributed by atoms with E-state index < -0.39 is 0 Å². The first-order valence-corrected chi connectivity index (χ1v) is 13.6. The Hall–Kier alpha value is -5.46. The van der Waals surface area contributed by atoms with E-state index in [2.05, 4.69) is 10.4 Å². The number of nitrogens with one attached hydrogen (secondary N) is 1. The van der Waals surface area contributed by atoms with Gasteiger partial charge in [-0.2, -0.15) is 9.78 Å². The lowest BCUT2D eigenvalue weighted by Gasteiger charge is -2.10. The monoisotopic (exact) mass is 569 g/mol. The third-order valence-electron chi connectivity index (χ3n) is 6.56. The van der Waals surface area contributed by atoms with Crippen molar-refractivity contribution in [3.63, 3.8) is 0 Å². The van der Waals surface area contributed by atoms with Gasteiger partial charge >= 0.3 is 0 Å². The molecular formula is C35H24ClN3O3. The number of nitrogens with zero attached hydrogens (tertiary/aromatic N) is 2. The van der Waals surface area contributed by atoms with Crippen LogP contribution in [0.1, 0.15) is 32.0 Å². The van der Waals surface area contributed by atoms with Gasteiger partial charge in [0, 0.05) is 39.4 Å². The largest absolute Gasteiger partial charge is 0.457 e. The van der Waals surface area contributed by atoms with E-state index in [0.29, 0.717) is 44.5 Å². The molecule has 6 nitrogen and oxygen atoms in total. The van der Waals surface area contributed by atoms with Crippen LogP contribution in [0.15, 0.2) is 127 Å². The summed E-state index contributed by atoms with van der Waals surface area (Å²) in [6.07, 6.45) is 3.80. The van der Waals surface area contributed by atoms with Gasteiger partial charge in [-0.3, -0.25) is 9.59 Å². The lowest BCUT2D eigenvalue weighted by Crippen LogP contribution is -2.13. The lowest BCUT2D eigenvalue weighted by molar-refractivity contribution is 0.0949. The highest BCUT2D eigenvalue weighted by Crippen LogP contribution is 2.30. The van der Waals surface area contributed by atoms with Gasteiger partial charge < -0.3 is 10.1 Å². The van der Waals surface area contributed by atoms with Gasteiger partial charge in [0.2, 0.25) is 0 Å². The number of ether oxygens (including phenoxy) is 1. The van der Waals surface area contributed by atoms with Crippen molar-refractivity contribution in [3.05, 3.63) is 155 Å². The van der Waals surface area contributed by atoms with Crippen LogP contribution in [0.2, 0.25) is 5.02 Å². The van der Waals surface area contributed by atoms with Crippen molar-refractivity contribution in [2.45, 2.75) is 0 Å². The molecule has 1 amide bonds. The zero-order valence-corrected chi connectivity index (χ0v) is 23.0. The van der Waals surface area contributed by atoms with E-state index >= 15 is 0 Å². The topological polar surface area (TPSA) is 73.2 Å². The van der Waals surface area contributed by atoms with Crippen molar-refractivity contribution in [1.29, 1.82) is 0 Å². The van der Waals surface area contributed by atoms with E-state index in [9.17, 15) is 9.59 Å². The zero-order chi connectivity index (χ0) is 28.9. The average Bonchev–Trinajstić information content (AvgIpc) is 3.39. The standard InChI is InChI=1S/C35H24ClN3O3/c36-27-17-14-24(15-18-27)16-21-32-31-20-19-30(23-33(31)39(38-32)35(41)26-10-5-2-6-11-26)42-29-13-7-12-28(22-29)37-34(40)25-8-3-1-4-9-25/h1-23H,(H,37,40). The Morgan fingerprint density at radius 2 is 1.40 bits per heavy atom. The van der Waals surface area contributed by atoms with Crippen LogP contribution in [0.5, 0.6) is 11.5 Å².